The number of rotatable bonds is 2. The van der Waals surface area contributed by atoms with Gasteiger partial charge in [-0.2, -0.15) is 12.6 Å². The standard InChI is InChI=1S/C7H10N2O3S/c10-5-3-9(4-6(11)8-5)7(12)1-2-13/h13H,1-4H2,(H,8,10,11). The maximum Gasteiger partial charge on any atom is 0.246 e. The lowest BCUT2D eigenvalue weighted by molar-refractivity contribution is -0.145. The van der Waals surface area contributed by atoms with Gasteiger partial charge in [0, 0.05) is 6.42 Å². The first-order valence-electron chi connectivity index (χ1n) is 3.85. The van der Waals surface area contributed by atoms with E-state index in [0.29, 0.717) is 5.75 Å². The van der Waals surface area contributed by atoms with Crippen LogP contribution >= 0.6 is 12.6 Å². The number of imide groups is 1. The molecule has 1 N–H and O–H groups in total. The summed E-state index contributed by atoms with van der Waals surface area (Å²) in [7, 11) is 0. The zero-order chi connectivity index (χ0) is 9.84. The first-order chi connectivity index (χ1) is 6.13. The molecule has 1 fully saturated rings. The zero-order valence-electron chi connectivity index (χ0n) is 6.95. The Morgan fingerprint density at radius 1 is 1.38 bits per heavy atom. The van der Waals surface area contributed by atoms with E-state index in [2.05, 4.69) is 17.9 Å². The fourth-order valence-electron chi connectivity index (χ4n) is 1.07. The number of thiol groups is 1. The van der Waals surface area contributed by atoms with Crippen LogP contribution in [0.25, 0.3) is 0 Å². The Hall–Kier alpha value is -1.04. The summed E-state index contributed by atoms with van der Waals surface area (Å²) in [6.07, 6.45) is 0.254. The Balaban J connectivity index is 2.54. The molecule has 5 nitrogen and oxygen atoms in total. The molecule has 0 aliphatic carbocycles. The lowest BCUT2D eigenvalue weighted by Crippen LogP contribution is -2.53. The minimum absolute atomic E-state index is 0.0294. The first kappa shape index (κ1) is 10.0. The van der Waals surface area contributed by atoms with Crippen molar-refractivity contribution in [3.05, 3.63) is 0 Å². The third kappa shape index (κ3) is 2.73. The molecule has 1 aliphatic heterocycles. The van der Waals surface area contributed by atoms with Crippen molar-refractivity contribution in [1.82, 2.24) is 10.2 Å². The molecule has 0 atom stereocenters. The van der Waals surface area contributed by atoms with Crippen molar-refractivity contribution in [1.29, 1.82) is 0 Å². The lowest BCUT2D eigenvalue weighted by Gasteiger charge is -2.25. The van der Waals surface area contributed by atoms with Gasteiger partial charge in [0.2, 0.25) is 17.7 Å². The van der Waals surface area contributed by atoms with E-state index in [4.69, 9.17) is 0 Å². The molecule has 1 rings (SSSR count). The van der Waals surface area contributed by atoms with Crippen molar-refractivity contribution in [2.45, 2.75) is 6.42 Å². The molecule has 0 aromatic heterocycles. The summed E-state index contributed by atoms with van der Waals surface area (Å²) >= 11 is 3.89. The second kappa shape index (κ2) is 4.27. The van der Waals surface area contributed by atoms with Gasteiger partial charge in [-0.1, -0.05) is 0 Å². The molecule has 3 amide bonds. The number of nitrogens with zero attached hydrogens (tertiary/aromatic N) is 1. The maximum atomic E-state index is 11.2. The highest BCUT2D eigenvalue weighted by Gasteiger charge is 2.25. The predicted molar refractivity (Wildman–Crippen MR) is 48.2 cm³/mol. The minimum atomic E-state index is -0.427. The largest absolute Gasteiger partial charge is 0.324 e. The van der Waals surface area contributed by atoms with E-state index in [9.17, 15) is 14.4 Å². The van der Waals surface area contributed by atoms with Crippen molar-refractivity contribution in [3.63, 3.8) is 0 Å². The molecular formula is C7H10N2O3S. The van der Waals surface area contributed by atoms with Crippen molar-refractivity contribution < 1.29 is 14.4 Å². The van der Waals surface area contributed by atoms with Gasteiger partial charge in [-0.15, -0.1) is 0 Å². The Morgan fingerprint density at radius 2 is 1.92 bits per heavy atom. The van der Waals surface area contributed by atoms with E-state index in [0.717, 1.165) is 0 Å². The fraction of sp³-hybridized carbons (Fsp3) is 0.571. The predicted octanol–water partition coefficient (Wildman–Crippen LogP) is -1.21. The van der Waals surface area contributed by atoms with Crippen LogP contribution in [0.4, 0.5) is 0 Å². The highest BCUT2D eigenvalue weighted by molar-refractivity contribution is 7.80. The molecule has 0 bridgehead atoms. The number of amides is 3. The number of nitrogens with one attached hydrogen (secondary N) is 1. The molecule has 0 spiro atoms. The van der Waals surface area contributed by atoms with E-state index in [-0.39, 0.29) is 25.4 Å². The van der Waals surface area contributed by atoms with E-state index < -0.39 is 11.8 Å². The summed E-state index contributed by atoms with van der Waals surface area (Å²) in [5, 5.41) is 2.12. The second-order valence-electron chi connectivity index (χ2n) is 2.69. The molecule has 6 heteroatoms. The van der Waals surface area contributed by atoms with Crippen LogP contribution in [0.3, 0.4) is 0 Å². The van der Waals surface area contributed by atoms with Gasteiger partial charge in [0.15, 0.2) is 0 Å². The van der Waals surface area contributed by atoms with Crippen LogP contribution in [0.5, 0.6) is 0 Å². The normalized spacial score (nSPS) is 17.2. The Kier molecular flexibility index (Phi) is 3.30. The van der Waals surface area contributed by atoms with Gasteiger partial charge in [-0.25, -0.2) is 0 Å². The van der Waals surface area contributed by atoms with E-state index in [1.165, 1.54) is 4.90 Å². The Labute approximate surface area is 80.9 Å². The second-order valence-corrected chi connectivity index (χ2v) is 3.14. The third-order valence-corrected chi connectivity index (χ3v) is 1.85. The van der Waals surface area contributed by atoms with Gasteiger partial charge >= 0.3 is 0 Å². The summed E-state index contributed by atoms with van der Waals surface area (Å²) in [6, 6.07) is 0. The van der Waals surface area contributed by atoms with Crippen LogP contribution in [-0.4, -0.2) is 41.5 Å². The maximum absolute atomic E-state index is 11.2. The molecule has 0 aromatic rings. The van der Waals surface area contributed by atoms with E-state index >= 15 is 0 Å². The van der Waals surface area contributed by atoms with Crippen LogP contribution < -0.4 is 5.32 Å². The Bertz CT molecular complexity index is 238. The van der Waals surface area contributed by atoms with Crippen LogP contribution in [0.2, 0.25) is 0 Å². The highest BCUT2D eigenvalue weighted by atomic mass is 32.1. The topological polar surface area (TPSA) is 66.5 Å². The van der Waals surface area contributed by atoms with Crippen LogP contribution in [0.15, 0.2) is 0 Å². The van der Waals surface area contributed by atoms with Crippen LogP contribution in [0.1, 0.15) is 6.42 Å². The lowest BCUT2D eigenvalue weighted by atomic mass is 10.3. The van der Waals surface area contributed by atoms with Gasteiger partial charge in [-0.3, -0.25) is 19.7 Å². The van der Waals surface area contributed by atoms with Crippen LogP contribution in [-0.2, 0) is 14.4 Å². The summed E-state index contributed by atoms with van der Waals surface area (Å²) in [5.41, 5.74) is 0. The smallest absolute Gasteiger partial charge is 0.246 e. The molecule has 1 aliphatic rings. The fourth-order valence-corrected chi connectivity index (χ4v) is 1.26. The average molecular weight is 202 g/mol. The van der Waals surface area contributed by atoms with Crippen LogP contribution in [0, 0.1) is 0 Å². The minimum Gasteiger partial charge on any atom is -0.324 e. The molecule has 0 radical (unpaired) electrons. The van der Waals surface area contributed by atoms with Gasteiger partial charge in [0.1, 0.15) is 13.1 Å². The van der Waals surface area contributed by atoms with Crippen molar-refractivity contribution in [2.24, 2.45) is 0 Å². The molecule has 0 aromatic carbocycles. The van der Waals surface area contributed by atoms with E-state index in [1.807, 2.05) is 0 Å². The summed E-state index contributed by atoms with van der Waals surface area (Å²) in [6.45, 7) is -0.0588. The highest BCUT2D eigenvalue weighted by Crippen LogP contribution is 1.99. The molecular weight excluding hydrogens is 192 g/mol. The molecule has 0 unspecified atom stereocenters. The number of carbonyl (C=O) groups is 3. The van der Waals surface area contributed by atoms with Crippen molar-refractivity contribution in [3.8, 4) is 0 Å². The average Bonchev–Trinajstić information content (AvgIpc) is 2.03. The number of carbonyl (C=O) groups excluding carboxylic acids is 3. The van der Waals surface area contributed by atoms with E-state index in [1.54, 1.807) is 0 Å². The molecule has 0 saturated carbocycles. The molecule has 1 heterocycles. The van der Waals surface area contributed by atoms with Crippen molar-refractivity contribution in [2.75, 3.05) is 18.8 Å². The van der Waals surface area contributed by atoms with Crippen molar-refractivity contribution >= 4 is 30.4 Å². The quantitative estimate of drug-likeness (QED) is 0.436. The third-order valence-electron chi connectivity index (χ3n) is 1.63. The number of hydrogen-bond donors (Lipinski definition) is 2. The number of piperazine rings is 1. The summed E-state index contributed by atoms with van der Waals surface area (Å²) < 4.78 is 0. The van der Waals surface area contributed by atoms with Gasteiger partial charge in [-0.05, 0) is 5.75 Å². The molecule has 1 saturated heterocycles. The van der Waals surface area contributed by atoms with Gasteiger partial charge < -0.3 is 4.90 Å². The zero-order valence-corrected chi connectivity index (χ0v) is 7.84. The molecule has 13 heavy (non-hydrogen) atoms. The van der Waals surface area contributed by atoms with Gasteiger partial charge in [0.25, 0.3) is 0 Å². The summed E-state index contributed by atoms with van der Waals surface area (Å²) in [4.78, 5) is 34.2. The number of hydrogen-bond acceptors (Lipinski definition) is 4. The summed E-state index contributed by atoms with van der Waals surface area (Å²) in [5.74, 6) is -0.642. The van der Waals surface area contributed by atoms with Gasteiger partial charge in [0.05, 0.1) is 0 Å². The Morgan fingerprint density at radius 3 is 2.38 bits per heavy atom. The monoisotopic (exact) mass is 202 g/mol. The molecule has 72 valence electrons. The SMILES string of the molecule is O=C1CN(C(=O)CCS)CC(=O)N1. The first-order valence-corrected chi connectivity index (χ1v) is 4.48.